The maximum Gasteiger partial charge on any atom is 0.297 e. The molecule has 11 heteroatoms. The Morgan fingerprint density at radius 2 is 1.45 bits per heavy atom. The van der Waals surface area contributed by atoms with Crippen molar-refractivity contribution in [2.45, 2.75) is 10.6 Å². The number of amides is 2. The second-order valence-corrected chi connectivity index (χ2v) is 7.91. The molecule has 0 aromatic heterocycles. The van der Waals surface area contributed by atoms with Gasteiger partial charge in [0.15, 0.2) is 9.84 Å². The first kappa shape index (κ1) is 22.1. The lowest BCUT2D eigenvalue weighted by Gasteiger charge is -2.26. The van der Waals surface area contributed by atoms with Crippen LogP contribution in [-0.4, -0.2) is 56.2 Å². The number of methoxy groups -OCH3 is 2. The highest BCUT2D eigenvalue weighted by molar-refractivity contribution is 7.91. The number of hydrogen-bond donors (Lipinski definition) is 4. The van der Waals surface area contributed by atoms with Crippen molar-refractivity contribution in [3.63, 3.8) is 0 Å². The quantitative estimate of drug-likeness (QED) is 0.265. The fourth-order valence-electron chi connectivity index (χ4n) is 2.39. The lowest BCUT2D eigenvalue weighted by molar-refractivity contribution is -0.148. The number of hydrogen-bond acceptors (Lipinski definition) is 8. The molecular formula is C18H20N2O8S. The van der Waals surface area contributed by atoms with E-state index < -0.39 is 33.1 Å². The Morgan fingerprint density at radius 3 is 1.90 bits per heavy atom. The van der Waals surface area contributed by atoms with Gasteiger partial charge in [0, 0.05) is 5.56 Å². The van der Waals surface area contributed by atoms with Gasteiger partial charge < -0.3 is 19.9 Å². The molecule has 0 aliphatic heterocycles. The topological polar surface area (TPSA) is 151 Å². The Hall–Kier alpha value is -3.15. The van der Waals surface area contributed by atoms with Gasteiger partial charge in [-0.3, -0.25) is 14.8 Å². The summed E-state index contributed by atoms with van der Waals surface area (Å²) >= 11 is 0. The van der Waals surface area contributed by atoms with Crippen molar-refractivity contribution >= 4 is 21.7 Å². The summed E-state index contributed by atoms with van der Waals surface area (Å²) in [4.78, 5) is 24.2. The Labute approximate surface area is 166 Å². The molecule has 2 aromatic rings. The average molecular weight is 424 g/mol. The fourth-order valence-corrected chi connectivity index (χ4v) is 3.87. The lowest BCUT2D eigenvalue weighted by Crippen LogP contribution is -2.62. The highest BCUT2D eigenvalue weighted by Crippen LogP contribution is 2.20. The van der Waals surface area contributed by atoms with Crippen molar-refractivity contribution in [3.8, 4) is 11.5 Å². The minimum atomic E-state index is -4.25. The Morgan fingerprint density at radius 1 is 0.966 bits per heavy atom. The molecule has 0 aliphatic carbocycles. The van der Waals surface area contributed by atoms with Crippen LogP contribution in [0.4, 0.5) is 0 Å². The Kier molecular flexibility index (Phi) is 6.80. The summed E-state index contributed by atoms with van der Waals surface area (Å²) in [7, 11) is -1.41. The minimum Gasteiger partial charge on any atom is -0.497 e. The molecule has 0 bridgehead atoms. The zero-order valence-corrected chi connectivity index (χ0v) is 16.4. The number of benzene rings is 2. The SMILES string of the molecule is COc1ccc(C(=O)NC(O)(CS(=O)(=O)c2ccc(OC)cc2)C(=O)NO)cc1. The molecule has 29 heavy (non-hydrogen) atoms. The van der Waals surface area contributed by atoms with Crippen LogP contribution in [0.3, 0.4) is 0 Å². The number of hydroxylamine groups is 1. The summed E-state index contributed by atoms with van der Waals surface area (Å²) in [5.41, 5.74) is -1.75. The molecule has 1 unspecified atom stereocenters. The molecule has 2 rings (SSSR count). The number of nitrogens with one attached hydrogen (secondary N) is 2. The molecule has 0 radical (unpaired) electrons. The van der Waals surface area contributed by atoms with Gasteiger partial charge in [0.1, 0.15) is 17.3 Å². The largest absolute Gasteiger partial charge is 0.497 e. The van der Waals surface area contributed by atoms with Crippen LogP contribution in [0.5, 0.6) is 11.5 Å². The number of ether oxygens (including phenoxy) is 2. The van der Waals surface area contributed by atoms with E-state index in [0.717, 1.165) is 5.48 Å². The van der Waals surface area contributed by atoms with E-state index >= 15 is 0 Å². The van der Waals surface area contributed by atoms with Crippen LogP contribution in [0.25, 0.3) is 0 Å². The molecule has 0 aliphatic rings. The molecule has 156 valence electrons. The summed E-state index contributed by atoms with van der Waals surface area (Å²) < 4.78 is 35.2. The van der Waals surface area contributed by atoms with Crippen molar-refractivity contribution in [1.82, 2.24) is 10.8 Å². The first-order valence-corrected chi connectivity index (χ1v) is 9.80. The number of aliphatic hydroxyl groups is 1. The number of carbonyl (C=O) groups is 2. The van der Waals surface area contributed by atoms with Gasteiger partial charge in [0.05, 0.1) is 19.1 Å². The predicted octanol–water partition coefficient (Wildman–Crippen LogP) is 0.102. The molecule has 0 spiro atoms. The van der Waals surface area contributed by atoms with Crippen LogP contribution in [0, 0.1) is 0 Å². The lowest BCUT2D eigenvalue weighted by atomic mass is 10.1. The highest BCUT2D eigenvalue weighted by atomic mass is 32.2. The number of rotatable bonds is 8. The van der Waals surface area contributed by atoms with E-state index in [1.54, 1.807) is 0 Å². The smallest absolute Gasteiger partial charge is 0.297 e. The molecule has 0 heterocycles. The molecule has 4 N–H and O–H groups in total. The van der Waals surface area contributed by atoms with Gasteiger partial charge in [-0.15, -0.1) is 0 Å². The Bertz CT molecular complexity index is 974. The van der Waals surface area contributed by atoms with Gasteiger partial charge in [-0.2, -0.15) is 0 Å². The predicted molar refractivity (Wildman–Crippen MR) is 100 cm³/mol. The van der Waals surface area contributed by atoms with E-state index in [9.17, 15) is 23.1 Å². The van der Waals surface area contributed by atoms with Crippen LogP contribution in [0.15, 0.2) is 53.4 Å². The van der Waals surface area contributed by atoms with Crippen molar-refractivity contribution in [1.29, 1.82) is 0 Å². The zero-order chi connectivity index (χ0) is 21.7. The van der Waals surface area contributed by atoms with E-state index in [0.29, 0.717) is 11.5 Å². The summed E-state index contributed by atoms with van der Waals surface area (Å²) in [6, 6.07) is 10.8. The van der Waals surface area contributed by atoms with E-state index in [4.69, 9.17) is 14.7 Å². The average Bonchev–Trinajstić information content (AvgIpc) is 2.72. The molecule has 2 amide bonds. The maximum absolute atomic E-state index is 12.6. The standard InChI is InChI=1S/C18H20N2O8S/c1-27-13-5-3-12(4-6-13)16(21)19-18(23,17(22)20-24)11-29(25,26)15-9-7-14(28-2)8-10-15/h3-10,23-24H,11H2,1-2H3,(H,19,21)(H,20,22). The van der Waals surface area contributed by atoms with Gasteiger partial charge >= 0.3 is 0 Å². The second kappa shape index (κ2) is 8.90. The maximum atomic E-state index is 12.6. The first-order valence-electron chi connectivity index (χ1n) is 8.15. The van der Waals surface area contributed by atoms with E-state index in [1.807, 2.05) is 5.32 Å². The second-order valence-electron chi connectivity index (χ2n) is 5.92. The molecule has 0 fully saturated rings. The van der Waals surface area contributed by atoms with Crippen molar-refractivity contribution in [2.24, 2.45) is 0 Å². The van der Waals surface area contributed by atoms with E-state index in [-0.39, 0.29) is 10.5 Å². The summed E-state index contributed by atoms with van der Waals surface area (Å²) in [5, 5.41) is 21.4. The van der Waals surface area contributed by atoms with Gasteiger partial charge in [-0.05, 0) is 48.5 Å². The van der Waals surface area contributed by atoms with Gasteiger partial charge in [-0.25, -0.2) is 13.9 Å². The highest BCUT2D eigenvalue weighted by Gasteiger charge is 2.43. The van der Waals surface area contributed by atoms with E-state index in [2.05, 4.69) is 0 Å². The first-order chi connectivity index (χ1) is 13.6. The van der Waals surface area contributed by atoms with Crippen LogP contribution < -0.4 is 20.3 Å². The summed E-state index contributed by atoms with van der Waals surface area (Å²) in [5.74, 6) is -2.81. The fraction of sp³-hybridized carbons (Fsp3) is 0.222. The van der Waals surface area contributed by atoms with E-state index in [1.165, 1.54) is 62.8 Å². The third-order valence-electron chi connectivity index (χ3n) is 3.97. The summed E-state index contributed by atoms with van der Waals surface area (Å²) in [6.45, 7) is 0. The van der Waals surface area contributed by atoms with Crippen LogP contribution in [0.2, 0.25) is 0 Å². The summed E-state index contributed by atoms with van der Waals surface area (Å²) in [6.07, 6.45) is 0. The molecule has 1 atom stereocenters. The normalized spacial score (nSPS) is 13.1. The molecule has 0 saturated heterocycles. The van der Waals surface area contributed by atoms with Crippen LogP contribution in [0.1, 0.15) is 10.4 Å². The molecule has 2 aromatic carbocycles. The van der Waals surface area contributed by atoms with Crippen LogP contribution >= 0.6 is 0 Å². The number of carbonyl (C=O) groups excluding carboxylic acids is 2. The van der Waals surface area contributed by atoms with Crippen molar-refractivity contribution in [3.05, 3.63) is 54.1 Å². The van der Waals surface area contributed by atoms with Crippen LogP contribution in [-0.2, 0) is 14.6 Å². The third-order valence-corrected chi connectivity index (χ3v) is 5.76. The minimum absolute atomic E-state index is 0.0248. The van der Waals surface area contributed by atoms with Gasteiger partial charge in [0.2, 0.25) is 5.72 Å². The van der Waals surface area contributed by atoms with Crippen molar-refractivity contribution < 1.29 is 37.8 Å². The molecule has 10 nitrogen and oxygen atoms in total. The van der Waals surface area contributed by atoms with Crippen molar-refractivity contribution in [2.75, 3.05) is 20.0 Å². The monoisotopic (exact) mass is 424 g/mol. The zero-order valence-electron chi connectivity index (χ0n) is 15.6. The third kappa shape index (κ3) is 5.22. The van der Waals surface area contributed by atoms with Gasteiger partial charge in [0.25, 0.3) is 11.8 Å². The Balaban J connectivity index is 2.30. The number of sulfone groups is 1. The molecule has 0 saturated carbocycles. The molecular weight excluding hydrogens is 404 g/mol. The van der Waals surface area contributed by atoms with Gasteiger partial charge in [-0.1, -0.05) is 0 Å².